The van der Waals surface area contributed by atoms with E-state index in [2.05, 4.69) is 20.9 Å². The zero-order valence-corrected chi connectivity index (χ0v) is 11.7. The molecule has 0 aromatic carbocycles. The van der Waals surface area contributed by atoms with E-state index in [1.807, 2.05) is 17.8 Å². The first-order valence-corrected chi connectivity index (χ1v) is 7.03. The molecule has 3 N–H and O–H groups in total. The molecule has 1 aromatic heterocycles. The summed E-state index contributed by atoms with van der Waals surface area (Å²) in [6, 6.07) is -1.33. The molecule has 0 unspecified atom stereocenters. The molecule has 0 aliphatic carbocycles. The number of hydrogen-bond donors (Lipinski definition) is 3. The van der Waals surface area contributed by atoms with Gasteiger partial charge >= 0.3 is 6.03 Å². The fraction of sp³-hybridized carbons (Fsp3) is 0.455. The zero-order valence-electron chi connectivity index (χ0n) is 10.9. The van der Waals surface area contributed by atoms with Crippen LogP contribution in [0.15, 0.2) is 17.6 Å². The molecule has 108 valence electrons. The molecule has 4 amide bonds. The van der Waals surface area contributed by atoms with E-state index in [4.69, 9.17) is 0 Å². The van der Waals surface area contributed by atoms with Gasteiger partial charge in [-0.05, 0) is 0 Å². The quantitative estimate of drug-likeness (QED) is 0.363. The maximum atomic E-state index is 11.6. The molecule has 8 nitrogen and oxygen atoms in total. The van der Waals surface area contributed by atoms with Gasteiger partial charge in [0.25, 0.3) is 5.91 Å². The van der Waals surface area contributed by atoms with E-state index in [1.54, 1.807) is 6.20 Å². The number of rotatable bonds is 6. The molecule has 1 aromatic rings. The van der Waals surface area contributed by atoms with Crippen molar-refractivity contribution in [1.29, 1.82) is 0 Å². The maximum Gasteiger partial charge on any atom is 0.322 e. The third kappa shape index (κ3) is 3.73. The first-order chi connectivity index (χ1) is 9.56. The van der Waals surface area contributed by atoms with Crippen LogP contribution in [0.25, 0.3) is 0 Å². The highest BCUT2D eigenvalue weighted by Gasteiger charge is 2.30. The van der Waals surface area contributed by atoms with Crippen LogP contribution in [-0.4, -0.2) is 45.7 Å². The number of urea groups is 1. The van der Waals surface area contributed by atoms with Crippen molar-refractivity contribution in [3.8, 4) is 0 Å². The number of thioether (sulfide) groups is 1. The van der Waals surface area contributed by atoms with Crippen LogP contribution < -0.4 is 16.0 Å². The Hall–Kier alpha value is -2.03. The minimum Gasteiger partial charge on any atom is -0.355 e. The zero-order chi connectivity index (χ0) is 14.5. The van der Waals surface area contributed by atoms with Crippen LogP contribution in [-0.2, 0) is 16.6 Å². The van der Waals surface area contributed by atoms with Gasteiger partial charge in [0.2, 0.25) is 5.91 Å². The first kappa shape index (κ1) is 14.4. The van der Waals surface area contributed by atoms with E-state index in [1.165, 1.54) is 11.8 Å². The van der Waals surface area contributed by atoms with Crippen LogP contribution in [0.5, 0.6) is 0 Å². The number of carbonyl (C=O) groups excluding carboxylic acids is 3. The lowest BCUT2D eigenvalue weighted by Gasteiger charge is -2.08. The van der Waals surface area contributed by atoms with Gasteiger partial charge in [0.15, 0.2) is 5.16 Å². The smallest absolute Gasteiger partial charge is 0.322 e. The number of aryl methyl sites for hydroxylation is 1. The Labute approximate surface area is 119 Å². The van der Waals surface area contributed by atoms with Crippen LogP contribution >= 0.6 is 11.8 Å². The van der Waals surface area contributed by atoms with Gasteiger partial charge in [-0.1, -0.05) is 11.8 Å². The van der Waals surface area contributed by atoms with Crippen molar-refractivity contribution in [2.45, 2.75) is 17.6 Å². The van der Waals surface area contributed by atoms with Gasteiger partial charge in [-0.25, -0.2) is 9.78 Å². The highest BCUT2D eigenvalue weighted by Crippen LogP contribution is 2.12. The highest BCUT2D eigenvalue weighted by molar-refractivity contribution is 7.99. The number of imidazole rings is 1. The number of nitrogens with zero attached hydrogens (tertiary/aromatic N) is 2. The van der Waals surface area contributed by atoms with Gasteiger partial charge in [0.05, 0.1) is 6.42 Å². The van der Waals surface area contributed by atoms with Crippen molar-refractivity contribution in [3.63, 3.8) is 0 Å². The molecule has 0 saturated carbocycles. The molecule has 1 saturated heterocycles. The molecule has 0 spiro atoms. The van der Waals surface area contributed by atoms with Crippen molar-refractivity contribution >= 4 is 29.6 Å². The summed E-state index contributed by atoms with van der Waals surface area (Å²) in [4.78, 5) is 37.9. The normalized spacial score (nSPS) is 17.8. The molecule has 0 bridgehead atoms. The summed E-state index contributed by atoms with van der Waals surface area (Å²) >= 11 is 1.53. The highest BCUT2D eigenvalue weighted by atomic mass is 32.2. The van der Waals surface area contributed by atoms with E-state index < -0.39 is 18.0 Å². The second-order valence-electron chi connectivity index (χ2n) is 4.24. The minimum absolute atomic E-state index is 0.0509. The topological polar surface area (TPSA) is 105 Å². The lowest BCUT2D eigenvalue weighted by Crippen LogP contribution is -2.36. The van der Waals surface area contributed by atoms with Crippen molar-refractivity contribution < 1.29 is 14.4 Å². The average Bonchev–Trinajstić information content (AvgIpc) is 2.92. The van der Waals surface area contributed by atoms with Gasteiger partial charge in [0, 0.05) is 31.7 Å². The Balaban J connectivity index is 1.64. The predicted molar refractivity (Wildman–Crippen MR) is 72.0 cm³/mol. The number of hydrogen-bond acceptors (Lipinski definition) is 5. The molecule has 2 heterocycles. The van der Waals surface area contributed by atoms with Crippen molar-refractivity contribution in [2.75, 3.05) is 12.3 Å². The summed E-state index contributed by atoms with van der Waals surface area (Å²) in [5.74, 6) is -0.0554. The summed E-state index contributed by atoms with van der Waals surface area (Å²) in [7, 11) is 1.90. The molecular weight excluding hydrogens is 282 g/mol. The average molecular weight is 297 g/mol. The van der Waals surface area contributed by atoms with Crippen molar-refractivity contribution in [2.24, 2.45) is 7.05 Å². The van der Waals surface area contributed by atoms with E-state index in [-0.39, 0.29) is 12.3 Å². The van der Waals surface area contributed by atoms with Crippen molar-refractivity contribution in [3.05, 3.63) is 12.4 Å². The summed E-state index contributed by atoms with van der Waals surface area (Å²) in [5, 5.41) is 8.03. The number of nitrogens with one attached hydrogen (secondary N) is 3. The fourth-order valence-corrected chi connectivity index (χ4v) is 2.47. The lowest BCUT2D eigenvalue weighted by molar-refractivity contribution is -0.126. The SMILES string of the molecule is Cn1ccnc1SCCNC(=O)C[C@H]1NC(=O)NC1=O. The second-order valence-corrected chi connectivity index (χ2v) is 5.30. The molecule has 1 aliphatic rings. The van der Waals surface area contributed by atoms with Gasteiger partial charge in [-0.3, -0.25) is 14.9 Å². The fourth-order valence-electron chi connectivity index (χ4n) is 1.68. The number of aromatic nitrogens is 2. The van der Waals surface area contributed by atoms with Crippen LogP contribution in [0.2, 0.25) is 0 Å². The molecule has 20 heavy (non-hydrogen) atoms. The Morgan fingerprint density at radius 1 is 1.55 bits per heavy atom. The summed E-state index contributed by atoms with van der Waals surface area (Å²) in [5.41, 5.74) is 0. The van der Waals surface area contributed by atoms with E-state index in [9.17, 15) is 14.4 Å². The Kier molecular flexibility index (Phi) is 4.61. The molecule has 0 radical (unpaired) electrons. The summed E-state index contributed by atoms with van der Waals surface area (Å²) in [6.07, 6.45) is 3.51. The monoisotopic (exact) mass is 297 g/mol. The van der Waals surface area contributed by atoms with E-state index in [0.717, 1.165) is 5.16 Å². The number of imide groups is 1. The van der Waals surface area contributed by atoms with E-state index in [0.29, 0.717) is 12.3 Å². The van der Waals surface area contributed by atoms with Gasteiger partial charge < -0.3 is 15.2 Å². The Morgan fingerprint density at radius 3 is 2.95 bits per heavy atom. The number of carbonyl (C=O) groups is 3. The Bertz CT molecular complexity index is 530. The molecule has 2 rings (SSSR count). The van der Waals surface area contributed by atoms with Crippen LogP contribution in [0.3, 0.4) is 0 Å². The largest absolute Gasteiger partial charge is 0.355 e. The third-order valence-corrected chi connectivity index (χ3v) is 3.74. The third-order valence-electron chi connectivity index (χ3n) is 2.68. The molecule has 9 heteroatoms. The first-order valence-electron chi connectivity index (χ1n) is 6.04. The second kappa shape index (κ2) is 6.42. The maximum absolute atomic E-state index is 11.6. The summed E-state index contributed by atoms with van der Waals surface area (Å²) in [6.45, 7) is 0.471. The summed E-state index contributed by atoms with van der Waals surface area (Å²) < 4.78 is 1.89. The molecule has 1 atom stereocenters. The van der Waals surface area contributed by atoms with Gasteiger partial charge in [-0.15, -0.1) is 0 Å². The standard InChI is InChI=1S/C11H15N5O3S/c1-16-4-2-13-11(16)20-5-3-12-8(17)6-7-9(18)15-10(19)14-7/h2,4,7H,3,5-6H2,1H3,(H,12,17)(H2,14,15,18,19)/t7-/m1/s1. The van der Waals surface area contributed by atoms with Crippen molar-refractivity contribution in [1.82, 2.24) is 25.5 Å². The molecule has 1 aliphatic heterocycles. The molecular formula is C11H15N5O3S. The van der Waals surface area contributed by atoms with E-state index >= 15 is 0 Å². The van der Waals surface area contributed by atoms with Gasteiger partial charge in [0.1, 0.15) is 6.04 Å². The van der Waals surface area contributed by atoms with Crippen LogP contribution in [0.1, 0.15) is 6.42 Å². The number of amides is 4. The minimum atomic E-state index is -0.773. The van der Waals surface area contributed by atoms with Crippen LogP contribution in [0.4, 0.5) is 4.79 Å². The predicted octanol–water partition coefficient (Wildman–Crippen LogP) is -0.773. The lowest BCUT2D eigenvalue weighted by atomic mass is 10.2. The Morgan fingerprint density at radius 2 is 2.35 bits per heavy atom. The van der Waals surface area contributed by atoms with Gasteiger partial charge in [-0.2, -0.15) is 0 Å². The van der Waals surface area contributed by atoms with Crippen LogP contribution in [0, 0.1) is 0 Å². The molecule has 1 fully saturated rings.